The minimum absolute atomic E-state index is 0.278. The summed E-state index contributed by atoms with van der Waals surface area (Å²) < 4.78 is 2.10. The minimum atomic E-state index is 0.278. The van der Waals surface area contributed by atoms with E-state index < -0.39 is 0 Å². The predicted octanol–water partition coefficient (Wildman–Crippen LogP) is 1.47. The highest BCUT2D eigenvalue weighted by atomic mass is 16.1. The third-order valence-corrected chi connectivity index (χ3v) is 7.53. The number of nitrogens with zero attached hydrogens (tertiary/aromatic N) is 3. The zero-order valence-corrected chi connectivity index (χ0v) is 16.0. The van der Waals surface area contributed by atoms with Crippen molar-refractivity contribution in [3.8, 4) is 0 Å². The SMILES string of the molecule is CN1CCC2(CCN(Cc3ccc4n(c3=O)C[C@@H]3CNC[C@H]4C3)CC2)C1. The van der Waals surface area contributed by atoms with E-state index in [4.69, 9.17) is 0 Å². The number of pyridine rings is 1. The molecule has 5 heteroatoms. The first kappa shape index (κ1) is 17.0. The van der Waals surface area contributed by atoms with Crippen molar-refractivity contribution in [3.63, 3.8) is 0 Å². The molecule has 0 saturated carbocycles. The molecule has 5 rings (SSSR count). The van der Waals surface area contributed by atoms with Crippen LogP contribution in [0.2, 0.25) is 0 Å². The van der Waals surface area contributed by atoms with Crippen LogP contribution in [0.1, 0.15) is 42.9 Å². The zero-order chi connectivity index (χ0) is 17.7. The molecule has 2 atom stereocenters. The lowest BCUT2D eigenvalue weighted by Gasteiger charge is -2.40. The second-order valence-corrected chi connectivity index (χ2v) is 9.42. The molecule has 0 aliphatic carbocycles. The molecule has 4 aliphatic rings. The maximum absolute atomic E-state index is 13.1. The number of fused-ring (bicyclic) bond motifs is 4. The van der Waals surface area contributed by atoms with Crippen LogP contribution in [0.15, 0.2) is 16.9 Å². The fraction of sp³-hybridized carbons (Fsp3) is 0.762. The number of nitrogens with one attached hydrogen (secondary N) is 1. The molecule has 2 bridgehead atoms. The van der Waals surface area contributed by atoms with Gasteiger partial charge in [0.1, 0.15) is 0 Å². The standard InChI is InChI=1S/C21H32N4O/c1-23-7-4-21(15-23)5-8-24(9-6-21)14-17-2-3-19-18-10-16(11-22-12-18)13-25(19)20(17)26/h2-3,16,18,22H,4-15H2,1H3/t16-,18+/m0/s1. The van der Waals surface area contributed by atoms with Crippen molar-refractivity contribution in [2.24, 2.45) is 11.3 Å². The molecule has 5 nitrogen and oxygen atoms in total. The predicted molar refractivity (Wildman–Crippen MR) is 103 cm³/mol. The number of piperidine rings is 2. The summed E-state index contributed by atoms with van der Waals surface area (Å²) in [5, 5.41) is 3.53. The molecule has 1 aromatic heterocycles. The number of aromatic nitrogens is 1. The van der Waals surface area contributed by atoms with Crippen LogP contribution >= 0.6 is 0 Å². The van der Waals surface area contributed by atoms with Crippen LogP contribution in [-0.4, -0.2) is 60.7 Å². The van der Waals surface area contributed by atoms with Gasteiger partial charge in [-0.2, -0.15) is 0 Å². The van der Waals surface area contributed by atoms with Crippen LogP contribution in [0, 0.1) is 11.3 Å². The van der Waals surface area contributed by atoms with Gasteiger partial charge in [-0.05, 0) is 76.3 Å². The van der Waals surface area contributed by atoms with E-state index >= 15 is 0 Å². The van der Waals surface area contributed by atoms with Crippen LogP contribution in [0.25, 0.3) is 0 Å². The first-order chi connectivity index (χ1) is 12.6. The van der Waals surface area contributed by atoms with Gasteiger partial charge in [0.2, 0.25) is 0 Å². The summed E-state index contributed by atoms with van der Waals surface area (Å²) in [5.74, 6) is 1.15. The first-order valence-corrected chi connectivity index (χ1v) is 10.5. The quantitative estimate of drug-likeness (QED) is 0.871. The summed E-state index contributed by atoms with van der Waals surface area (Å²) in [5.41, 5.74) is 3.09. The molecule has 0 radical (unpaired) electrons. The van der Waals surface area contributed by atoms with Gasteiger partial charge in [0, 0.05) is 43.4 Å². The van der Waals surface area contributed by atoms with Gasteiger partial charge in [0.25, 0.3) is 5.56 Å². The summed E-state index contributed by atoms with van der Waals surface area (Å²) in [6.07, 6.45) is 5.18. The van der Waals surface area contributed by atoms with Crippen molar-refractivity contribution < 1.29 is 0 Å². The average molecular weight is 357 g/mol. The van der Waals surface area contributed by atoms with Gasteiger partial charge in [0.15, 0.2) is 0 Å². The summed E-state index contributed by atoms with van der Waals surface area (Å²) in [6.45, 7) is 8.63. The Morgan fingerprint density at radius 3 is 2.73 bits per heavy atom. The number of hydrogen-bond acceptors (Lipinski definition) is 4. The van der Waals surface area contributed by atoms with Gasteiger partial charge in [-0.3, -0.25) is 9.69 Å². The summed E-state index contributed by atoms with van der Waals surface area (Å²) in [7, 11) is 2.25. The molecule has 142 valence electrons. The summed E-state index contributed by atoms with van der Waals surface area (Å²) >= 11 is 0. The monoisotopic (exact) mass is 356 g/mol. The Balaban J connectivity index is 1.30. The molecule has 0 aromatic carbocycles. The molecule has 3 saturated heterocycles. The van der Waals surface area contributed by atoms with Crippen LogP contribution in [0.5, 0.6) is 0 Å². The van der Waals surface area contributed by atoms with E-state index in [-0.39, 0.29) is 5.56 Å². The first-order valence-electron chi connectivity index (χ1n) is 10.5. The van der Waals surface area contributed by atoms with Crippen LogP contribution in [0.4, 0.5) is 0 Å². The van der Waals surface area contributed by atoms with E-state index in [1.807, 2.05) is 0 Å². The molecule has 3 fully saturated rings. The van der Waals surface area contributed by atoms with Crippen molar-refractivity contribution in [2.45, 2.75) is 44.7 Å². The Bertz CT molecular complexity index is 734. The average Bonchev–Trinajstić information content (AvgIpc) is 3.01. The van der Waals surface area contributed by atoms with Gasteiger partial charge in [-0.1, -0.05) is 6.07 Å². The van der Waals surface area contributed by atoms with Crippen LogP contribution in [0.3, 0.4) is 0 Å². The molecule has 1 spiro atoms. The number of likely N-dealkylation sites (tertiary alicyclic amines) is 2. The second-order valence-electron chi connectivity index (χ2n) is 9.42. The minimum Gasteiger partial charge on any atom is -0.316 e. The highest BCUT2D eigenvalue weighted by Gasteiger charge is 2.39. The normalized spacial score (nSPS) is 31.3. The van der Waals surface area contributed by atoms with E-state index in [1.165, 1.54) is 44.5 Å². The Kier molecular flexibility index (Phi) is 4.22. The van der Waals surface area contributed by atoms with Gasteiger partial charge < -0.3 is 14.8 Å². The molecule has 1 N–H and O–H groups in total. The van der Waals surface area contributed by atoms with E-state index in [2.05, 4.69) is 38.9 Å². The summed E-state index contributed by atoms with van der Waals surface area (Å²) in [6, 6.07) is 4.36. The molecule has 5 heterocycles. The van der Waals surface area contributed by atoms with Gasteiger partial charge in [-0.15, -0.1) is 0 Å². The lowest BCUT2D eigenvalue weighted by Crippen LogP contribution is -2.46. The highest BCUT2D eigenvalue weighted by molar-refractivity contribution is 5.22. The molecule has 0 amide bonds. The van der Waals surface area contributed by atoms with Crippen molar-refractivity contribution in [2.75, 3.05) is 46.3 Å². The fourth-order valence-electron chi connectivity index (χ4n) is 5.95. The largest absolute Gasteiger partial charge is 0.316 e. The highest BCUT2D eigenvalue weighted by Crippen LogP contribution is 2.40. The molecule has 1 aromatic rings. The van der Waals surface area contributed by atoms with Crippen molar-refractivity contribution in [1.82, 2.24) is 19.7 Å². The Labute approximate surface area is 156 Å². The van der Waals surface area contributed by atoms with E-state index in [0.29, 0.717) is 17.3 Å². The number of hydrogen-bond donors (Lipinski definition) is 1. The molecular formula is C21H32N4O. The van der Waals surface area contributed by atoms with Crippen molar-refractivity contribution in [3.05, 3.63) is 33.7 Å². The third kappa shape index (κ3) is 2.94. The lowest BCUT2D eigenvalue weighted by molar-refractivity contribution is 0.105. The van der Waals surface area contributed by atoms with E-state index in [1.54, 1.807) is 0 Å². The van der Waals surface area contributed by atoms with Gasteiger partial charge in [-0.25, -0.2) is 0 Å². The zero-order valence-electron chi connectivity index (χ0n) is 16.0. The third-order valence-electron chi connectivity index (χ3n) is 7.53. The summed E-state index contributed by atoms with van der Waals surface area (Å²) in [4.78, 5) is 18.1. The number of rotatable bonds is 2. The maximum Gasteiger partial charge on any atom is 0.255 e. The Morgan fingerprint density at radius 2 is 1.96 bits per heavy atom. The van der Waals surface area contributed by atoms with Crippen LogP contribution < -0.4 is 10.9 Å². The Hall–Kier alpha value is -1.17. The van der Waals surface area contributed by atoms with Gasteiger partial charge >= 0.3 is 0 Å². The van der Waals surface area contributed by atoms with Crippen LogP contribution in [-0.2, 0) is 13.1 Å². The smallest absolute Gasteiger partial charge is 0.255 e. The fourth-order valence-corrected chi connectivity index (χ4v) is 5.95. The molecular weight excluding hydrogens is 324 g/mol. The van der Waals surface area contributed by atoms with Crippen molar-refractivity contribution in [1.29, 1.82) is 0 Å². The molecule has 0 unspecified atom stereocenters. The van der Waals surface area contributed by atoms with Crippen molar-refractivity contribution >= 4 is 0 Å². The van der Waals surface area contributed by atoms with E-state index in [9.17, 15) is 4.79 Å². The maximum atomic E-state index is 13.1. The van der Waals surface area contributed by atoms with E-state index in [0.717, 1.165) is 44.8 Å². The Morgan fingerprint density at radius 1 is 1.15 bits per heavy atom. The lowest BCUT2D eigenvalue weighted by atomic mass is 9.77. The molecule has 4 aliphatic heterocycles. The second kappa shape index (κ2) is 6.47. The topological polar surface area (TPSA) is 40.5 Å². The molecule has 26 heavy (non-hydrogen) atoms. The van der Waals surface area contributed by atoms with Gasteiger partial charge in [0.05, 0.1) is 0 Å².